The molecule has 1 aliphatic heterocycles. The average molecular weight is 225 g/mol. The summed E-state index contributed by atoms with van der Waals surface area (Å²) in [5.41, 5.74) is 0. The van der Waals surface area contributed by atoms with E-state index in [1.807, 2.05) is 0 Å². The van der Waals surface area contributed by atoms with Crippen LogP contribution in [0, 0.1) is 17.8 Å². The molecule has 1 heterocycles. The van der Waals surface area contributed by atoms with Gasteiger partial charge in [-0.15, -0.1) is 0 Å². The molecular weight excluding hydrogens is 198 g/mol. The van der Waals surface area contributed by atoms with Crippen LogP contribution in [-0.4, -0.2) is 23.8 Å². The molecule has 16 heavy (non-hydrogen) atoms. The molecule has 0 aromatic rings. The summed E-state index contributed by atoms with van der Waals surface area (Å²) in [7, 11) is 0. The first-order valence-electron chi connectivity index (χ1n) is 7.10. The molecule has 0 aromatic carbocycles. The van der Waals surface area contributed by atoms with Crippen LogP contribution in [-0.2, 0) is 0 Å². The first-order valence-corrected chi connectivity index (χ1v) is 7.10. The maximum atomic E-state index is 10.3. The van der Waals surface area contributed by atoms with Crippen LogP contribution in [0.1, 0.15) is 52.4 Å². The normalized spacial score (nSPS) is 46.3. The van der Waals surface area contributed by atoms with E-state index in [0.717, 1.165) is 13.0 Å². The van der Waals surface area contributed by atoms with E-state index in [4.69, 9.17) is 0 Å². The maximum absolute atomic E-state index is 10.3. The Balaban J connectivity index is 1.99. The van der Waals surface area contributed by atoms with Crippen molar-refractivity contribution in [3.8, 4) is 0 Å². The van der Waals surface area contributed by atoms with Gasteiger partial charge in [0.1, 0.15) is 0 Å². The predicted molar refractivity (Wildman–Crippen MR) is 67.3 cm³/mol. The highest BCUT2D eigenvalue weighted by atomic mass is 16.3. The molecule has 2 fully saturated rings. The van der Waals surface area contributed by atoms with Gasteiger partial charge in [-0.1, -0.05) is 26.7 Å². The Hall–Kier alpha value is -0.0800. The van der Waals surface area contributed by atoms with Crippen LogP contribution in [0.4, 0.5) is 0 Å². The van der Waals surface area contributed by atoms with Gasteiger partial charge in [-0.25, -0.2) is 0 Å². The molecule has 1 saturated heterocycles. The molecule has 2 N–H and O–H groups in total. The van der Waals surface area contributed by atoms with E-state index in [-0.39, 0.29) is 6.10 Å². The van der Waals surface area contributed by atoms with Gasteiger partial charge in [0, 0.05) is 12.0 Å². The van der Waals surface area contributed by atoms with Crippen molar-refractivity contribution in [2.24, 2.45) is 17.8 Å². The molecule has 5 atom stereocenters. The van der Waals surface area contributed by atoms with Crippen molar-refractivity contribution >= 4 is 0 Å². The largest absolute Gasteiger partial charge is 0.393 e. The minimum Gasteiger partial charge on any atom is -0.393 e. The Morgan fingerprint density at radius 2 is 1.88 bits per heavy atom. The van der Waals surface area contributed by atoms with Gasteiger partial charge in [0.05, 0.1) is 6.10 Å². The summed E-state index contributed by atoms with van der Waals surface area (Å²) in [6.07, 6.45) is 7.49. The second-order valence-electron chi connectivity index (χ2n) is 6.11. The molecule has 0 amide bonds. The van der Waals surface area contributed by atoms with Gasteiger partial charge in [-0.2, -0.15) is 0 Å². The van der Waals surface area contributed by atoms with Crippen LogP contribution in [0.2, 0.25) is 0 Å². The van der Waals surface area contributed by atoms with Crippen molar-refractivity contribution in [2.45, 2.75) is 64.5 Å². The fraction of sp³-hybridized carbons (Fsp3) is 1.00. The minimum atomic E-state index is -0.0747. The van der Waals surface area contributed by atoms with E-state index in [2.05, 4.69) is 19.2 Å². The molecule has 0 aromatic heterocycles. The van der Waals surface area contributed by atoms with Crippen LogP contribution >= 0.6 is 0 Å². The van der Waals surface area contributed by atoms with Gasteiger partial charge in [0.15, 0.2) is 0 Å². The number of aliphatic hydroxyl groups excluding tert-OH is 1. The number of aliphatic hydroxyl groups is 1. The monoisotopic (exact) mass is 225 g/mol. The summed E-state index contributed by atoms with van der Waals surface area (Å²) in [4.78, 5) is 0. The zero-order valence-electron chi connectivity index (χ0n) is 10.8. The lowest BCUT2D eigenvalue weighted by Crippen LogP contribution is -2.47. The molecule has 1 saturated carbocycles. The van der Waals surface area contributed by atoms with Crippen molar-refractivity contribution in [3.63, 3.8) is 0 Å². The third kappa shape index (κ3) is 2.78. The van der Waals surface area contributed by atoms with Gasteiger partial charge >= 0.3 is 0 Å². The molecule has 2 aliphatic rings. The quantitative estimate of drug-likeness (QED) is 0.719. The Bertz CT molecular complexity index is 199. The summed E-state index contributed by atoms with van der Waals surface area (Å²) in [6, 6.07) is 0.569. The van der Waals surface area contributed by atoms with Crippen LogP contribution in [0.15, 0.2) is 0 Å². The van der Waals surface area contributed by atoms with Gasteiger partial charge in [-0.05, 0) is 44.1 Å². The van der Waals surface area contributed by atoms with E-state index in [1.165, 1.54) is 32.1 Å². The lowest BCUT2D eigenvalue weighted by Gasteiger charge is -2.41. The maximum Gasteiger partial charge on any atom is 0.0588 e. The number of rotatable bonds is 1. The lowest BCUT2D eigenvalue weighted by molar-refractivity contribution is -0.00394. The van der Waals surface area contributed by atoms with Crippen molar-refractivity contribution in [3.05, 3.63) is 0 Å². The second kappa shape index (κ2) is 5.50. The van der Waals surface area contributed by atoms with Crippen molar-refractivity contribution in [1.82, 2.24) is 5.32 Å². The Morgan fingerprint density at radius 1 is 1.06 bits per heavy atom. The highest BCUT2D eigenvalue weighted by Crippen LogP contribution is 2.37. The van der Waals surface area contributed by atoms with Crippen LogP contribution in [0.5, 0.6) is 0 Å². The highest BCUT2D eigenvalue weighted by molar-refractivity contribution is 4.91. The molecule has 2 rings (SSSR count). The first-order chi connectivity index (χ1) is 7.68. The summed E-state index contributed by atoms with van der Waals surface area (Å²) >= 11 is 0. The first kappa shape index (κ1) is 12.4. The average Bonchev–Trinajstić information content (AvgIpc) is 2.44. The summed E-state index contributed by atoms with van der Waals surface area (Å²) in [6.45, 7) is 5.75. The Labute approximate surface area is 99.8 Å². The summed E-state index contributed by atoms with van der Waals surface area (Å²) in [5, 5.41) is 14.0. The van der Waals surface area contributed by atoms with Crippen molar-refractivity contribution < 1.29 is 5.11 Å². The van der Waals surface area contributed by atoms with Crippen LogP contribution < -0.4 is 5.32 Å². The van der Waals surface area contributed by atoms with E-state index >= 15 is 0 Å². The molecule has 0 radical (unpaired) electrons. The molecule has 2 nitrogen and oxygen atoms in total. The van der Waals surface area contributed by atoms with E-state index in [1.54, 1.807) is 0 Å². The lowest BCUT2D eigenvalue weighted by atomic mass is 9.70. The highest BCUT2D eigenvalue weighted by Gasteiger charge is 2.37. The van der Waals surface area contributed by atoms with E-state index in [9.17, 15) is 5.11 Å². The zero-order valence-corrected chi connectivity index (χ0v) is 10.8. The Kier molecular flexibility index (Phi) is 4.26. The molecular formula is C14H27NO. The van der Waals surface area contributed by atoms with Gasteiger partial charge in [0.2, 0.25) is 0 Å². The SMILES string of the molecule is CC1CC(C)C(C2CCCCCN2)C(O)C1. The standard InChI is InChI=1S/C14H27NO/c1-10-8-11(2)14(13(16)9-10)12-6-4-3-5-7-15-12/h10-16H,3-9H2,1-2H3. The van der Waals surface area contributed by atoms with E-state index in [0.29, 0.717) is 23.8 Å². The smallest absolute Gasteiger partial charge is 0.0588 e. The molecule has 94 valence electrons. The Morgan fingerprint density at radius 3 is 2.62 bits per heavy atom. The van der Waals surface area contributed by atoms with Gasteiger partial charge in [-0.3, -0.25) is 0 Å². The summed E-state index contributed by atoms with van der Waals surface area (Å²) < 4.78 is 0. The number of hydrogen-bond acceptors (Lipinski definition) is 2. The predicted octanol–water partition coefficient (Wildman–Crippen LogP) is 2.56. The molecule has 5 unspecified atom stereocenters. The topological polar surface area (TPSA) is 32.3 Å². The summed E-state index contributed by atoms with van der Waals surface area (Å²) in [5.74, 6) is 1.87. The fourth-order valence-corrected chi connectivity index (χ4v) is 3.89. The third-order valence-corrected chi connectivity index (χ3v) is 4.58. The molecule has 0 bridgehead atoms. The van der Waals surface area contributed by atoms with Gasteiger partial charge in [0.25, 0.3) is 0 Å². The second-order valence-corrected chi connectivity index (χ2v) is 6.11. The van der Waals surface area contributed by atoms with Crippen molar-refractivity contribution in [1.29, 1.82) is 0 Å². The van der Waals surface area contributed by atoms with Gasteiger partial charge < -0.3 is 10.4 Å². The fourth-order valence-electron chi connectivity index (χ4n) is 3.89. The zero-order chi connectivity index (χ0) is 11.5. The molecule has 0 spiro atoms. The minimum absolute atomic E-state index is 0.0747. The van der Waals surface area contributed by atoms with Crippen molar-refractivity contribution in [2.75, 3.05) is 6.54 Å². The molecule has 1 aliphatic carbocycles. The van der Waals surface area contributed by atoms with Crippen LogP contribution in [0.25, 0.3) is 0 Å². The third-order valence-electron chi connectivity index (χ3n) is 4.58. The number of nitrogens with one attached hydrogen (secondary N) is 1. The van der Waals surface area contributed by atoms with E-state index < -0.39 is 0 Å². The number of hydrogen-bond donors (Lipinski definition) is 2. The molecule has 2 heteroatoms. The van der Waals surface area contributed by atoms with Crippen LogP contribution in [0.3, 0.4) is 0 Å².